The Labute approximate surface area is 170 Å². The van der Waals surface area contributed by atoms with Gasteiger partial charge in [-0.3, -0.25) is 14.6 Å². The number of hydrogen-bond acceptors (Lipinski definition) is 6. The summed E-state index contributed by atoms with van der Waals surface area (Å²) in [6.07, 6.45) is 1.51. The maximum Gasteiger partial charge on any atom is 0.251 e. The van der Waals surface area contributed by atoms with Gasteiger partial charge in [0.2, 0.25) is 0 Å². The first kappa shape index (κ1) is 19.2. The van der Waals surface area contributed by atoms with E-state index in [0.29, 0.717) is 12.1 Å². The van der Waals surface area contributed by atoms with Gasteiger partial charge in [0.1, 0.15) is 6.33 Å². The minimum Gasteiger partial charge on any atom is -0.351 e. The molecule has 1 aliphatic rings. The molecule has 1 saturated heterocycles. The third-order valence-electron chi connectivity index (χ3n) is 5.15. The smallest absolute Gasteiger partial charge is 0.251 e. The Morgan fingerprint density at radius 2 is 1.76 bits per heavy atom. The second-order valence-corrected chi connectivity index (χ2v) is 7.16. The SMILES string of the molecule is O=C(NCCN1CCN(Cc2ccccc2)CC1)c1cccc(-n2cnnn2)c1. The van der Waals surface area contributed by atoms with E-state index in [2.05, 4.69) is 61.0 Å². The minimum atomic E-state index is -0.0809. The van der Waals surface area contributed by atoms with E-state index in [1.54, 1.807) is 12.1 Å². The van der Waals surface area contributed by atoms with Gasteiger partial charge in [-0.2, -0.15) is 0 Å². The van der Waals surface area contributed by atoms with Gasteiger partial charge in [-0.25, -0.2) is 4.68 Å². The minimum absolute atomic E-state index is 0.0809. The average molecular weight is 391 g/mol. The molecule has 4 rings (SSSR count). The van der Waals surface area contributed by atoms with Crippen LogP contribution in [0.1, 0.15) is 15.9 Å². The number of hydrogen-bond donors (Lipinski definition) is 1. The summed E-state index contributed by atoms with van der Waals surface area (Å²) in [4.78, 5) is 17.3. The van der Waals surface area contributed by atoms with Crippen LogP contribution in [-0.4, -0.2) is 75.2 Å². The van der Waals surface area contributed by atoms with E-state index in [9.17, 15) is 4.79 Å². The molecule has 0 aliphatic carbocycles. The lowest BCUT2D eigenvalue weighted by molar-refractivity contribution is 0.0934. The molecular weight excluding hydrogens is 366 g/mol. The van der Waals surface area contributed by atoms with Gasteiger partial charge in [0.05, 0.1) is 5.69 Å². The summed E-state index contributed by atoms with van der Waals surface area (Å²) in [6, 6.07) is 17.9. The van der Waals surface area contributed by atoms with Crippen LogP contribution in [0.25, 0.3) is 5.69 Å². The van der Waals surface area contributed by atoms with Gasteiger partial charge in [-0.05, 0) is 34.2 Å². The summed E-state index contributed by atoms with van der Waals surface area (Å²) in [7, 11) is 0. The molecule has 0 saturated carbocycles. The molecule has 3 aromatic rings. The number of nitrogens with one attached hydrogen (secondary N) is 1. The molecule has 1 N–H and O–H groups in total. The summed E-state index contributed by atoms with van der Waals surface area (Å²) >= 11 is 0. The first-order chi connectivity index (χ1) is 14.3. The largest absolute Gasteiger partial charge is 0.351 e. The maximum absolute atomic E-state index is 12.5. The topological polar surface area (TPSA) is 79.2 Å². The molecule has 0 unspecified atom stereocenters. The van der Waals surface area contributed by atoms with Crippen LogP contribution in [0.5, 0.6) is 0 Å². The molecule has 1 aliphatic heterocycles. The van der Waals surface area contributed by atoms with E-state index in [-0.39, 0.29) is 5.91 Å². The molecule has 0 spiro atoms. The lowest BCUT2D eigenvalue weighted by atomic mass is 10.2. The van der Waals surface area contributed by atoms with E-state index in [0.717, 1.165) is 45.0 Å². The second kappa shape index (κ2) is 9.40. The number of nitrogens with zero attached hydrogens (tertiary/aromatic N) is 6. The van der Waals surface area contributed by atoms with Gasteiger partial charge in [-0.15, -0.1) is 5.10 Å². The fourth-order valence-electron chi connectivity index (χ4n) is 3.51. The number of tetrazole rings is 1. The Balaban J connectivity index is 1.20. The summed E-state index contributed by atoms with van der Waals surface area (Å²) in [5.74, 6) is -0.0809. The highest BCUT2D eigenvalue weighted by Gasteiger charge is 2.17. The zero-order valence-electron chi connectivity index (χ0n) is 16.3. The van der Waals surface area contributed by atoms with E-state index in [1.165, 1.54) is 16.6 Å². The van der Waals surface area contributed by atoms with Crippen molar-refractivity contribution in [3.63, 3.8) is 0 Å². The molecule has 2 aromatic carbocycles. The van der Waals surface area contributed by atoms with E-state index in [1.807, 2.05) is 12.1 Å². The highest BCUT2D eigenvalue weighted by Crippen LogP contribution is 2.10. The predicted octanol–water partition coefficient (Wildman–Crippen LogP) is 1.21. The number of benzene rings is 2. The summed E-state index contributed by atoms with van der Waals surface area (Å²) in [5.41, 5.74) is 2.72. The van der Waals surface area contributed by atoms with Crippen LogP contribution < -0.4 is 5.32 Å². The van der Waals surface area contributed by atoms with Crippen LogP contribution in [0.15, 0.2) is 60.9 Å². The molecule has 0 bridgehead atoms. The van der Waals surface area contributed by atoms with Crippen molar-refractivity contribution in [1.29, 1.82) is 0 Å². The first-order valence-corrected chi connectivity index (χ1v) is 9.88. The van der Waals surface area contributed by atoms with Crippen LogP contribution in [0.4, 0.5) is 0 Å². The zero-order chi connectivity index (χ0) is 19.9. The molecule has 1 amide bonds. The van der Waals surface area contributed by atoms with Gasteiger partial charge < -0.3 is 5.32 Å². The highest BCUT2D eigenvalue weighted by molar-refractivity contribution is 5.94. The van der Waals surface area contributed by atoms with E-state index >= 15 is 0 Å². The van der Waals surface area contributed by atoms with Crippen LogP contribution in [-0.2, 0) is 6.54 Å². The van der Waals surface area contributed by atoms with Crippen LogP contribution in [0, 0.1) is 0 Å². The maximum atomic E-state index is 12.5. The Hall–Kier alpha value is -3.10. The molecule has 0 atom stereocenters. The van der Waals surface area contributed by atoms with Crippen molar-refractivity contribution < 1.29 is 4.79 Å². The van der Waals surface area contributed by atoms with Crippen LogP contribution in [0.3, 0.4) is 0 Å². The van der Waals surface area contributed by atoms with E-state index < -0.39 is 0 Å². The Morgan fingerprint density at radius 3 is 2.52 bits per heavy atom. The van der Waals surface area contributed by atoms with Crippen molar-refractivity contribution in [2.45, 2.75) is 6.54 Å². The molecular formula is C21H25N7O. The zero-order valence-corrected chi connectivity index (χ0v) is 16.3. The van der Waals surface area contributed by atoms with Crippen molar-refractivity contribution in [3.8, 4) is 5.69 Å². The van der Waals surface area contributed by atoms with Gasteiger partial charge in [0, 0.05) is 51.4 Å². The van der Waals surface area contributed by atoms with Crippen molar-refractivity contribution in [2.24, 2.45) is 0 Å². The third kappa shape index (κ3) is 5.24. The van der Waals surface area contributed by atoms with Gasteiger partial charge in [-0.1, -0.05) is 36.4 Å². The van der Waals surface area contributed by atoms with Gasteiger partial charge in [0.25, 0.3) is 5.91 Å². The molecule has 1 fully saturated rings. The Kier molecular flexibility index (Phi) is 6.23. The summed E-state index contributed by atoms with van der Waals surface area (Å²) in [6.45, 7) is 6.65. The lowest BCUT2D eigenvalue weighted by Gasteiger charge is -2.34. The quantitative estimate of drug-likeness (QED) is 0.652. The van der Waals surface area contributed by atoms with E-state index in [4.69, 9.17) is 0 Å². The fraction of sp³-hybridized carbons (Fsp3) is 0.333. The molecule has 0 radical (unpaired) electrons. The summed E-state index contributed by atoms with van der Waals surface area (Å²) in [5, 5.41) is 14.1. The van der Waals surface area contributed by atoms with Crippen molar-refractivity contribution in [1.82, 2.24) is 35.3 Å². The van der Waals surface area contributed by atoms with Crippen molar-refractivity contribution >= 4 is 5.91 Å². The van der Waals surface area contributed by atoms with Crippen LogP contribution in [0.2, 0.25) is 0 Å². The molecule has 2 heterocycles. The summed E-state index contributed by atoms with van der Waals surface area (Å²) < 4.78 is 1.53. The van der Waals surface area contributed by atoms with Gasteiger partial charge >= 0.3 is 0 Å². The predicted molar refractivity (Wildman–Crippen MR) is 110 cm³/mol. The number of carbonyl (C=O) groups is 1. The van der Waals surface area contributed by atoms with Crippen LogP contribution >= 0.6 is 0 Å². The number of aromatic nitrogens is 4. The molecule has 1 aromatic heterocycles. The molecule has 29 heavy (non-hydrogen) atoms. The molecule has 8 heteroatoms. The highest BCUT2D eigenvalue weighted by atomic mass is 16.1. The fourth-order valence-corrected chi connectivity index (χ4v) is 3.51. The first-order valence-electron chi connectivity index (χ1n) is 9.88. The number of amides is 1. The average Bonchev–Trinajstić information content (AvgIpc) is 3.31. The standard InChI is InChI=1S/C21H25N7O/c29-21(19-7-4-8-20(15-19)28-17-23-24-25-28)22-9-10-26-11-13-27(14-12-26)16-18-5-2-1-3-6-18/h1-8,15,17H,9-14,16H2,(H,22,29). The second-order valence-electron chi connectivity index (χ2n) is 7.16. The van der Waals surface area contributed by atoms with Crippen molar-refractivity contribution in [2.75, 3.05) is 39.3 Å². The number of piperazine rings is 1. The molecule has 150 valence electrons. The normalized spacial score (nSPS) is 15.3. The monoisotopic (exact) mass is 391 g/mol. The van der Waals surface area contributed by atoms with Gasteiger partial charge in [0.15, 0.2) is 0 Å². The number of carbonyl (C=O) groups excluding carboxylic acids is 1. The van der Waals surface area contributed by atoms with Crippen molar-refractivity contribution in [3.05, 3.63) is 72.1 Å². The lowest BCUT2D eigenvalue weighted by Crippen LogP contribution is -2.48. The number of rotatable bonds is 7. The Bertz CT molecular complexity index is 906. The third-order valence-corrected chi connectivity index (χ3v) is 5.15. The Morgan fingerprint density at radius 1 is 0.966 bits per heavy atom. The molecule has 8 nitrogen and oxygen atoms in total.